The molecule has 0 amide bonds. The van der Waals surface area contributed by atoms with E-state index in [0.29, 0.717) is 0 Å². The van der Waals surface area contributed by atoms with Gasteiger partial charge in [-0.2, -0.15) is 0 Å². The first-order valence-electron chi connectivity index (χ1n) is 9.17. The molecule has 2 aromatic carbocycles. The number of aromatic nitrogens is 2. The standard InChI is InChI=1S/C22H23N3O/c1-17(26)22(19-7-3-2-4-8-19)10-14-25(15-11-22)16-18-6-5-9-20-21(18)24-13-12-23-20/h2-9,12-13H,10-11,14-16H2,1H3. The van der Waals surface area contributed by atoms with Crippen molar-refractivity contribution in [2.45, 2.75) is 31.7 Å². The molecule has 1 aliphatic heterocycles. The van der Waals surface area contributed by atoms with Crippen LogP contribution in [-0.4, -0.2) is 33.7 Å². The van der Waals surface area contributed by atoms with E-state index in [0.717, 1.165) is 49.1 Å². The normalized spacial score (nSPS) is 17.3. The first kappa shape index (κ1) is 16.9. The molecule has 1 saturated heterocycles. The average Bonchev–Trinajstić information content (AvgIpc) is 2.69. The highest BCUT2D eigenvalue weighted by Crippen LogP contribution is 2.37. The maximum absolute atomic E-state index is 12.5. The van der Waals surface area contributed by atoms with Gasteiger partial charge in [-0.3, -0.25) is 19.7 Å². The monoisotopic (exact) mass is 345 g/mol. The molecule has 0 N–H and O–H groups in total. The van der Waals surface area contributed by atoms with Gasteiger partial charge in [0.1, 0.15) is 5.78 Å². The maximum atomic E-state index is 12.5. The van der Waals surface area contributed by atoms with Gasteiger partial charge in [-0.25, -0.2) is 0 Å². The summed E-state index contributed by atoms with van der Waals surface area (Å²) in [5, 5.41) is 0. The third kappa shape index (κ3) is 3.01. The number of benzene rings is 2. The molecule has 4 rings (SSSR count). The van der Waals surface area contributed by atoms with Crippen LogP contribution in [0.5, 0.6) is 0 Å². The summed E-state index contributed by atoms with van der Waals surface area (Å²) in [6.45, 7) is 4.40. The summed E-state index contributed by atoms with van der Waals surface area (Å²) >= 11 is 0. The topological polar surface area (TPSA) is 46.1 Å². The Balaban J connectivity index is 1.53. The molecule has 1 aromatic heterocycles. The van der Waals surface area contributed by atoms with Crippen molar-refractivity contribution < 1.29 is 4.79 Å². The Hall–Kier alpha value is -2.59. The number of para-hydroxylation sites is 1. The summed E-state index contributed by atoms with van der Waals surface area (Å²) in [6, 6.07) is 16.4. The first-order chi connectivity index (χ1) is 12.7. The van der Waals surface area contributed by atoms with Crippen molar-refractivity contribution >= 4 is 16.8 Å². The molecule has 0 bridgehead atoms. The number of rotatable bonds is 4. The van der Waals surface area contributed by atoms with Crippen molar-refractivity contribution in [3.63, 3.8) is 0 Å². The van der Waals surface area contributed by atoms with Crippen LogP contribution in [0.15, 0.2) is 60.9 Å². The highest BCUT2D eigenvalue weighted by atomic mass is 16.1. The summed E-state index contributed by atoms with van der Waals surface area (Å²) in [6.07, 6.45) is 5.21. The SMILES string of the molecule is CC(=O)C1(c2ccccc2)CCN(Cc2cccc3nccnc23)CC1. The van der Waals surface area contributed by atoms with Gasteiger partial charge >= 0.3 is 0 Å². The summed E-state index contributed by atoms with van der Waals surface area (Å²) in [5.41, 5.74) is 3.93. The molecule has 0 unspecified atom stereocenters. The molecule has 4 nitrogen and oxygen atoms in total. The van der Waals surface area contributed by atoms with Gasteiger partial charge < -0.3 is 0 Å². The molecule has 0 radical (unpaired) electrons. The molecular weight excluding hydrogens is 322 g/mol. The smallest absolute Gasteiger partial charge is 0.140 e. The Bertz CT molecular complexity index is 910. The summed E-state index contributed by atoms with van der Waals surface area (Å²) in [4.78, 5) is 23.9. The van der Waals surface area contributed by atoms with Gasteiger partial charge in [0.2, 0.25) is 0 Å². The molecular formula is C22H23N3O. The Morgan fingerprint density at radius 3 is 2.46 bits per heavy atom. The van der Waals surface area contributed by atoms with Gasteiger partial charge in [-0.05, 0) is 50.0 Å². The second-order valence-corrected chi connectivity index (χ2v) is 7.12. The molecule has 0 spiro atoms. The van der Waals surface area contributed by atoms with E-state index in [-0.39, 0.29) is 11.2 Å². The molecule has 4 heteroatoms. The Labute approximate surface area is 153 Å². The molecule has 3 aromatic rings. The van der Waals surface area contributed by atoms with Crippen LogP contribution in [0, 0.1) is 0 Å². The number of ketones is 1. The van der Waals surface area contributed by atoms with Crippen LogP contribution in [0.1, 0.15) is 30.9 Å². The second-order valence-electron chi connectivity index (χ2n) is 7.12. The van der Waals surface area contributed by atoms with E-state index in [1.165, 1.54) is 5.56 Å². The van der Waals surface area contributed by atoms with Gasteiger partial charge in [0, 0.05) is 18.9 Å². The van der Waals surface area contributed by atoms with Crippen LogP contribution in [0.25, 0.3) is 11.0 Å². The van der Waals surface area contributed by atoms with Gasteiger partial charge in [0.05, 0.1) is 16.4 Å². The third-order valence-electron chi connectivity index (χ3n) is 5.69. The summed E-state index contributed by atoms with van der Waals surface area (Å²) < 4.78 is 0. The minimum atomic E-state index is -0.337. The molecule has 0 aliphatic carbocycles. The van der Waals surface area contributed by atoms with E-state index in [1.54, 1.807) is 19.3 Å². The maximum Gasteiger partial charge on any atom is 0.140 e. The van der Waals surface area contributed by atoms with Crippen LogP contribution in [-0.2, 0) is 16.8 Å². The van der Waals surface area contributed by atoms with Crippen molar-refractivity contribution in [2.24, 2.45) is 0 Å². The summed E-state index contributed by atoms with van der Waals surface area (Å²) in [5.74, 6) is 0.277. The predicted octanol–water partition coefficient (Wildman–Crippen LogP) is 3.75. The van der Waals surface area contributed by atoms with Gasteiger partial charge in [0.15, 0.2) is 0 Å². The number of nitrogens with zero attached hydrogens (tertiary/aromatic N) is 3. The van der Waals surface area contributed by atoms with E-state index in [9.17, 15) is 4.79 Å². The quantitative estimate of drug-likeness (QED) is 0.722. The lowest BCUT2D eigenvalue weighted by Crippen LogP contribution is -2.46. The Morgan fingerprint density at radius 2 is 1.73 bits per heavy atom. The Kier molecular flexibility index (Phi) is 4.51. The third-order valence-corrected chi connectivity index (χ3v) is 5.69. The zero-order valence-electron chi connectivity index (χ0n) is 15.1. The van der Waals surface area contributed by atoms with Crippen LogP contribution >= 0.6 is 0 Å². The van der Waals surface area contributed by atoms with Crippen molar-refractivity contribution in [3.05, 3.63) is 72.1 Å². The van der Waals surface area contributed by atoms with Gasteiger partial charge in [-0.1, -0.05) is 42.5 Å². The lowest BCUT2D eigenvalue weighted by atomic mass is 9.70. The fourth-order valence-electron chi connectivity index (χ4n) is 4.12. The number of hydrogen-bond acceptors (Lipinski definition) is 4. The number of piperidine rings is 1. The number of hydrogen-bond donors (Lipinski definition) is 0. The van der Waals surface area contributed by atoms with Crippen molar-refractivity contribution in [3.8, 4) is 0 Å². The van der Waals surface area contributed by atoms with Gasteiger partial charge in [0.25, 0.3) is 0 Å². The number of carbonyl (C=O) groups is 1. The minimum absolute atomic E-state index is 0.277. The fraction of sp³-hybridized carbons (Fsp3) is 0.318. The van der Waals surface area contributed by atoms with Crippen LogP contribution in [0.2, 0.25) is 0 Å². The van der Waals surface area contributed by atoms with Crippen molar-refractivity contribution in [1.82, 2.24) is 14.9 Å². The predicted molar refractivity (Wildman–Crippen MR) is 103 cm³/mol. The van der Waals surface area contributed by atoms with Crippen LogP contribution in [0.4, 0.5) is 0 Å². The largest absolute Gasteiger partial charge is 0.299 e. The number of likely N-dealkylation sites (tertiary alicyclic amines) is 1. The van der Waals surface area contributed by atoms with Crippen molar-refractivity contribution in [1.29, 1.82) is 0 Å². The molecule has 0 saturated carbocycles. The highest BCUT2D eigenvalue weighted by molar-refractivity contribution is 5.88. The number of fused-ring (bicyclic) bond motifs is 1. The zero-order chi connectivity index (χ0) is 18.0. The van der Waals surface area contributed by atoms with Crippen LogP contribution in [0.3, 0.4) is 0 Å². The average molecular weight is 345 g/mol. The van der Waals surface area contributed by atoms with E-state index < -0.39 is 0 Å². The molecule has 0 atom stereocenters. The fourth-order valence-corrected chi connectivity index (χ4v) is 4.12. The van der Waals surface area contributed by atoms with Gasteiger partial charge in [-0.15, -0.1) is 0 Å². The molecule has 132 valence electrons. The van der Waals surface area contributed by atoms with Crippen LogP contribution < -0.4 is 0 Å². The molecule has 26 heavy (non-hydrogen) atoms. The zero-order valence-corrected chi connectivity index (χ0v) is 15.1. The van der Waals surface area contributed by atoms with E-state index in [2.05, 4.69) is 33.1 Å². The van der Waals surface area contributed by atoms with E-state index in [4.69, 9.17) is 0 Å². The Morgan fingerprint density at radius 1 is 1.00 bits per heavy atom. The summed E-state index contributed by atoms with van der Waals surface area (Å²) in [7, 11) is 0. The highest BCUT2D eigenvalue weighted by Gasteiger charge is 2.40. The molecule has 1 fully saturated rings. The van der Waals surface area contributed by atoms with E-state index >= 15 is 0 Å². The minimum Gasteiger partial charge on any atom is -0.299 e. The lowest BCUT2D eigenvalue weighted by molar-refractivity contribution is -0.124. The van der Waals surface area contributed by atoms with Crippen molar-refractivity contribution in [2.75, 3.05) is 13.1 Å². The lowest BCUT2D eigenvalue weighted by Gasteiger charge is -2.40. The second kappa shape index (κ2) is 6.96. The van der Waals surface area contributed by atoms with E-state index in [1.807, 2.05) is 30.3 Å². The molecule has 2 heterocycles. The number of carbonyl (C=O) groups excluding carboxylic acids is 1. The molecule has 1 aliphatic rings. The number of Topliss-reactive ketones (excluding diaryl/α,β-unsaturated/α-hetero) is 1. The first-order valence-corrected chi connectivity index (χ1v) is 9.17.